The van der Waals surface area contributed by atoms with Crippen LogP contribution in [0.5, 0.6) is 0 Å². The van der Waals surface area contributed by atoms with E-state index in [2.05, 4.69) is 51.4 Å². The molecule has 6 heteroatoms. The van der Waals surface area contributed by atoms with E-state index in [-0.39, 0.29) is 0 Å². The van der Waals surface area contributed by atoms with E-state index in [9.17, 15) is 0 Å². The second-order valence-electron chi connectivity index (χ2n) is 9.39. The first-order valence-electron chi connectivity index (χ1n) is 12.3. The van der Waals surface area contributed by atoms with Crippen LogP contribution in [0.1, 0.15) is 102 Å². The number of hydrogen-bond donors (Lipinski definition) is 2. The average Bonchev–Trinajstić information content (AvgIpc) is 2.67. The van der Waals surface area contributed by atoms with Gasteiger partial charge in [-0.15, -0.1) is 0 Å². The second-order valence-corrected chi connectivity index (χ2v) is 10.4. The minimum absolute atomic E-state index is 1.11. The molecule has 0 aliphatic rings. The number of unbranched alkanes of at least 4 members (excludes halogenated alkanes) is 13. The van der Waals surface area contributed by atoms with Crippen LogP contribution in [0.15, 0.2) is 30.3 Å². The molecular weight excluding hydrogens is 409 g/mol. The van der Waals surface area contributed by atoms with Gasteiger partial charge in [0.15, 0.2) is 0 Å². The molecule has 0 spiro atoms. The highest BCUT2D eigenvalue weighted by atomic mass is 31.2. The maximum atomic E-state index is 8.77. The van der Waals surface area contributed by atoms with Gasteiger partial charge in [-0.05, 0) is 12.8 Å². The Morgan fingerprint density at radius 1 is 0.742 bits per heavy atom. The molecule has 0 radical (unpaired) electrons. The van der Waals surface area contributed by atoms with Crippen LogP contribution >= 0.6 is 7.82 Å². The lowest BCUT2D eigenvalue weighted by Crippen LogP contribution is -2.39. The summed E-state index contributed by atoms with van der Waals surface area (Å²) >= 11 is 0. The number of nitrogens with zero attached hydrogens (tertiary/aromatic N) is 1. The van der Waals surface area contributed by atoms with Crippen molar-refractivity contribution in [2.24, 2.45) is 0 Å². The predicted octanol–water partition coefficient (Wildman–Crippen LogP) is 6.18. The molecule has 0 bridgehead atoms. The highest BCUT2D eigenvalue weighted by Crippen LogP contribution is 2.19. The van der Waals surface area contributed by atoms with Crippen molar-refractivity contribution in [2.45, 2.75) is 103 Å². The van der Waals surface area contributed by atoms with Crippen LogP contribution in [0.4, 0.5) is 0 Å². The van der Waals surface area contributed by atoms with Gasteiger partial charge in [-0.1, -0.05) is 114 Å². The van der Waals surface area contributed by atoms with Gasteiger partial charge in [-0.2, -0.15) is 0 Å². The maximum Gasteiger partial charge on any atom is 0.262 e. The van der Waals surface area contributed by atoms with Gasteiger partial charge in [0, 0.05) is 5.56 Å². The van der Waals surface area contributed by atoms with Gasteiger partial charge in [0.05, 0.1) is 20.6 Å². The summed E-state index contributed by atoms with van der Waals surface area (Å²) in [5.41, 5.74) is 1.46. The Kier molecular flexibility index (Phi) is 18.4. The van der Waals surface area contributed by atoms with Gasteiger partial charge in [0.25, 0.3) is 7.82 Å². The van der Waals surface area contributed by atoms with Gasteiger partial charge in [-0.25, -0.2) is 0 Å². The van der Waals surface area contributed by atoms with Crippen LogP contribution in [0.2, 0.25) is 0 Å². The maximum absolute atomic E-state index is 8.77. The van der Waals surface area contributed by atoms with Crippen LogP contribution in [-0.4, -0.2) is 34.9 Å². The van der Waals surface area contributed by atoms with Crippen molar-refractivity contribution in [1.29, 1.82) is 0 Å². The normalized spacial score (nSPS) is 11.8. The van der Waals surface area contributed by atoms with Crippen molar-refractivity contribution >= 4 is 7.82 Å². The number of benzene rings is 1. The highest BCUT2D eigenvalue weighted by Gasteiger charge is 2.14. The summed E-state index contributed by atoms with van der Waals surface area (Å²) < 4.78 is 9.88. The van der Waals surface area contributed by atoms with Crippen molar-refractivity contribution in [3.63, 3.8) is 0 Å². The minimum atomic E-state index is -4.89. The monoisotopic (exact) mass is 457 g/mol. The number of phosphoric acid groups is 1. The molecule has 1 rings (SSSR count). The number of quaternary nitrogens is 1. The fraction of sp³-hybridized carbons (Fsp3) is 0.760. The molecular formula is C25H48NO4P. The van der Waals surface area contributed by atoms with Gasteiger partial charge < -0.3 is 19.2 Å². The van der Waals surface area contributed by atoms with Crippen molar-refractivity contribution in [3.05, 3.63) is 35.9 Å². The van der Waals surface area contributed by atoms with E-state index in [0.717, 1.165) is 11.0 Å². The molecule has 0 heterocycles. The van der Waals surface area contributed by atoms with Gasteiger partial charge in [0.2, 0.25) is 0 Å². The molecule has 5 nitrogen and oxygen atoms in total. The zero-order valence-electron chi connectivity index (χ0n) is 20.3. The lowest BCUT2D eigenvalue weighted by atomic mass is 10.0. The Balaban J connectivity index is 0.00000161. The summed E-state index contributed by atoms with van der Waals surface area (Å²) in [6, 6.07) is 10.9. The SMILES string of the molecule is CCCCCCCCCCCCCCCC[N+](C)(C)Cc1ccccc1.O=P([O-])(O)O. The number of hydrogen-bond acceptors (Lipinski definition) is 2. The minimum Gasteiger partial charge on any atom is -0.756 e. The van der Waals surface area contributed by atoms with Crippen LogP contribution in [-0.2, 0) is 11.1 Å². The molecule has 0 saturated carbocycles. The van der Waals surface area contributed by atoms with Gasteiger partial charge in [-0.3, -0.25) is 4.57 Å². The predicted molar refractivity (Wildman–Crippen MR) is 129 cm³/mol. The van der Waals surface area contributed by atoms with Crippen LogP contribution < -0.4 is 4.89 Å². The third-order valence-electron chi connectivity index (χ3n) is 5.57. The molecule has 0 aromatic heterocycles. The lowest BCUT2D eigenvalue weighted by Gasteiger charge is -2.30. The van der Waals surface area contributed by atoms with Gasteiger partial charge in [0.1, 0.15) is 6.54 Å². The first kappa shape index (κ1) is 30.3. The van der Waals surface area contributed by atoms with Crippen LogP contribution in [0, 0.1) is 0 Å². The van der Waals surface area contributed by atoms with E-state index in [4.69, 9.17) is 19.2 Å². The van der Waals surface area contributed by atoms with Gasteiger partial charge >= 0.3 is 0 Å². The topological polar surface area (TPSA) is 80.6 Å². The zero-order chi connectivity index (χ0) is 23.4. The molecule has 0 atom stereocenters. The van der Waals surface area contributed by atoms with E-state index in [1.54, 1.807) is 0 Å². The fourth-order valence-corrected chi connectivity index (χ4v) is 3.89. The Labute approximate surface area is 191 Å². The molecule has 1 aromatic rings. The van der Waals surface area contributed by atoms with E-state index in [1.807, 2.05) is 0 Å². The van der Waals surface area contributed by atoms with E-state index >= 15 is 0 Å². The first-order valence-corrected chi connectivity index (χ1v) is 13.8. The third kappa shape index (κ3) is 25.4. The van der Waals surface area contributed by atoms with E-state index < -0.39 is 7.82 Å². The summed E-state index contributed by atoms with van der Waals surface area (Å²) in [7, 11) is -0.148. The Morgan fingerprint density at radius 2 is 1.10 bits per heavy atom. The Hall–Kier alpha value is -0.710. The molecule has 31 heavy (non-hydrogen) atoms. The molecule has 0 fully saturated rings. The lowest BCUT2D eigenvalue weighted by molar-refractivity contribution is -0.903. The third-order valence-corrected chi connectivity index (χ3v) is 5.57. The van der Waals surface area contributed by atoms with Crippen LogP contribution in [0.3, 0.4) is 0 Å². The summed E-state index contributed by atoms with van der Waals surface area (Å²) in [5.74, 6) is 0. The van der Waals surface area contributed by atoms with Crippen molar-refractivity contribution in [3.8, 4) is 0 Å². The van der Waals surface area contributed by atoms with Crippen molar-refractivity contribution in [1.82, 2.24) is 0 Å². The summed E-state index contributed by atoms with van der Waals surface area (Å²) in [6.45, 7) is 4.75. The molecule has 0 unspecified atom stereocenters. The zero-order valence-corrected chi connectivity index (χ0v) is 21.2. The van der Waals surface area contributed by atoms with Crippen LogP contribution in [0.25, 0.3) is 0 Å². The summed E-state index contributed by atoms with van der Waals surface area (Å²) in [5, 5.41) is 0. The molecule has 0 amide bonds. The molecule has 0 aliphatic carbocycles. The molecule has 0 aliphatic heterocycles. The molecule has 1 aromatic carbocycles. The molecule has 0 saturated heterocycles. The number of rotatable bonds is 17. The highest BCUT2D eigenvalue weighted by molar-refractivity contribution is 7.43. The quantitative estimate of drug-likeness (QED) is 0.166. The molecule has 2 N–H and O–H groups in total. The first-order chi connectivity index (χ1) is 14.6. The Bertz CT molecular complexity index is 552. The largest absolute Gasteiger partial charge is 0.756 e. The van der Waals surface area contributed by atoms with Crippen molar-refractivity contribution < 1.29 is 23.7 Å². The summed E-state index contributed by atoms with van der Waals surface area (Å²) in [6.07, 6.45) is 20.2. The van der Waals surface area contributed by atoms with E-state index in [0.29, 0.717) is 0 Å². The average molecular weight is 458 g/mol. The molecule has 182 valence electrons. The standard InChI is InChI=1S/C25H46N.H3O4P/c1-4-5-6-7-8-9-10-11-12-13-14-15-16-20-23-26(2,3)24-25-21-18-17-19-22-25;1-5(2,3)4/h17-19,21-22H,4-16,20,23-24H2,1-3H3;(H3,1,2,3,4)/q+1;/p-1. The van der Waals surface area contributed by atoms with E-state index in [1.165, 1.54) is 102 Å². The fourth-order valence-electron chi connectivity index (χ4n) is 3.89. The Morgan fingerprint density at radius 3 is 1.48 bits per heavy atom. The van der Waals surface area contributed by atoms with Crippen molar-refractivity contribution in [2.75, 3.05) is 20.6 Å². The smallest absolute Gasteiger partial charge is 0.262 e. The summed E-state index contributed by atoms with van der Waals surface area (Å²) in [4.78, 5) is 22.9. The second kappa shape index (κ2) is 18.8.